The number of hydrogen-bond donors (Lipinski definition) is 2. The molecule has 0 spiro atoms. The number of para-hydroxylation sites is 1. The minimum absolute atomic E-state index is 0.200. The molecule has 0 atom stereocenters. The van der Waals surface area contributed by atoms with Gasteiger partial charge in [-0.1, -0.05) is 18.2 Å². The molecule has 1 heterocycles. The summed E-state index contributed by atoms with van der Waals surface area (Å²) in [5.74, 6) is 0.202. The molecular formula is C20H25N3O2. The van der Waals surface area contributed by atoms with Crippen molar-refractivity contribution in [3.05, 3.63) is 54.1 Å². The van der Waals surface area contributed by atoms with Crippen molar-refractivity contribution in [2.24, 2.45) is 0 Å². The number of hydrogen-bond acceptors (Lipinski definition) is 3. The number of aromatic hydroxyl groups is 1. The van der Waals surface area contributed by atoms with Gasteiger partial charge in [0.2, 0.25) is 0 Å². The fourth-order valence-electron chi connectivity index (χ4n) is 3.10. The Morgan fingerprint density at radius 2 is 1.76 bits per heavy atom. The van der Waals surface area contributed by atoms with Crippen molar-refractivity contribution >= 4 is 17.4 Å². The van der Waals surface area contributed by atoms with Gasteiger partial charge in [-0.3, -0.25) is 0 Å². The number of phenols is 1. The summed E-state index contributed by atoms with van der Waals surface area (Å²) in [5.41, 5.74) is 2.70. The van der Waals surface area contributed by atoms with Crippen LogP contribution in [-0.2, 0) is 6.54 Å². The zero-order chi connectivity index (χ0) is 17.6. The lowest BCUT2D eigenvalue weighted by Gasteiger charge is -2.29. The van der Waals surface area contributed by atoms with Gasteiger partial charge in [0.05, 0.1) is 6.54 Å². The Bertz CT molecular complexity index is 709. The third kappa shape index (κ3) is 4.44. The van der Waals surface area contributed by atoms with Gasteiger partial charge in [-0.25, -0.2) is 4.79 Å². The molecule has 0 saturated carbocycles. The summed E-state index contributed by atoms with van der Waals surface area (Å²) in [6, 6.07) is 14.9. The molecule has 1 aliphatic heterocycles. The molecular weight excluding hydrogens is 314 g/mol. The Morgan fingerprint density at radius 3 is 2.44 bits per heavy atom. The van der Waals surface area contributed by atoms with Crippen molar-refractivity contribution in [2.75, 3.05) is 30.4 Å². The molecule has 1 saturated heterocycles. The molecule has 5 heteroatoms. The summed E-state index contributed by atoms with van der Waals surface area (Å²) >= 11 is 0. The summed E-state index contributed by atoms with van der Waals surface area (Å²) in [5, 5.41) is 12.7. The average Bonchev–Trinajstić information content (AvgIpc) is 2.65. The largest absolute Gasteiger partial charge is 0.508 e. The third-order valence-corrected chi connectivity index (χ3v) is 4.59. The molecule has 5 nitrogen and oxygen atoms in total. The smallest absolute Gasteiger partial charge is 0.321 e. The lowest BCUT2D eigenvalue weighted by Crippen LogP contribution is -2.31. The first-order valence-corrected chi connectivity index (χ1v) is 8.77. The number of rotatable bonds is 4. The fraction of sp³-hybridized carbons (Fsp3) is 0.350. The van der Waals surface area contributed by atoms with Crippen LogP contribution in [0, 0.1) is 0 Å². The molecule has 0 aliphatic carbocycles. The third-order valence-electron chi connectivity index (χ3n) is 4.59. The van der Waals surface area contributed by atoms with Crippen molar-refractivity contribution in [2.45, 2.75) is 25.8 Å². The summed E-state index contributed by atoms with van der Waals surface area (Å²) in [7, 11) is 1.71. The lowest BCUT2D eigenvalue weighted by atomic mass is 10.1. The Labute approximate surface area is 148 Å². The predicted molar refractivity (Wildman–Crippen MR) is 101 cm³/mol. The maximum absolute atomic E-state index is 12.3. The summed E-state index contributed by atoms with van der Waals surface area (Å²) in [4.78, 5) is 16.3. The van der Waals surface area contributed by atoms with Gasteiger partial charge < -0.3 is 20.2 Å². The van der Waals surface area contributed by atoms with E-state index >= 15 is 0 Å². The van der Waals surface area contributed by atoms with Crippen LogP contribution in [0.5, 0.6) is 5.75 Å². The van der Waals surface area contributed by atoms with Gasteiger partial charge in [0, 0.05) is 37.1 Å². The van der Waals surface area contributed by atoms with Gasteiger partial charge in [-0.15, -0.1) is 0 Å². The Kier molecular flexibility index (Phi) is 5.43. The van der Waals surface area contributed by atoms with Crippen LogP contribution in [0.25, 0.3) is 0 Å². The normalized spacial score (nSPS) is 14.2. The van der Waals surface area contributed by atoms with Crippen LogP contribution in [-0.4, -0.2) is 36.2 Å². The standard InChI is InChI=1S/C20H25N3O2/c1-22(15-16-7-3-4-8-19(16)24)20(25)21-17-9-11-18(12-10-17)23-13-5-2-6-14-23/h3-4,7-12,24H,2,5-6,13-15H2,1H3,(H,21,25). The number of nitrogens with zero attached hydrogens (tertiary/aromatic N) is 2. The van der Waals surface area contributed by atoms with Gasteiger partial charge in [0.1, 0.15) is 5.75 Å². The van der Waals surface area contributed by atoms with E-state index in [2.05, 4.69) is 22.3 Å². The van der Waals surface area contributed by atoms with Gasteiger partial charge in [0.15, 0.2) is 0 Å². The number of nitrogens with one attached hydrogen (secondary N) is 1. The van der Waals surface area contributed by atoms with E-state index in [-0.39, 0.29) is 11.8 Å². The Morgan fingerprint density at radius 1 is 1.08 bits per heavy atom. The number of phenolic OH excluding ortho intramolecular Hbond substituents is 1. The summed E-state index contributed by atoms with van der Waals surface area (Å²) < 4.78 is 0. The molecule has 1 aliphatic rings. The highest BCUT2D eigenvalue weighted by Crippen LogP contribution is 2.22. The van der Waals surface area contributed by atoms with Crippen LogP contribution in [0.15, 0.2) is 48.5 Å². The van der Waals surface area contributed by atoms with E-state index in [0.717, 1.165) is 24.3 Å². The van der Waals surface area contributed by atoms with Crippen LogP contribution < -0.4 is 10.2 Å². The molecule has 0 bridgehead atoms. The van der Waals surface area contributed by atoms with Crippen molar-refractivity contribution in [1.29, 1.82) is 0 Å². The molecule has 25 heavy (non-hydrogen) atoms. The zero-order valence-electron chi connectivity index (χ0n) is 14.6. The molecule has 2 N–H and O–H groups in total. The predicted octanol–water partition coefficient (Wildman–Crippen LogP) is 4.05. The SMILES string of the molecule is CN(Cc1ccccc1O)C(=O)Nc1ccc(N2CCCCC2)cc1. The molecule has 2 amide bonds. The molecule has 1 fully saturated rings. The van der Waals surface area contributed by atoms with Crippen molar-refractivity contribution in [3.8, 4) is 5.75 Å². The highest BCUT2D eigenvalue weighted by molar-refractivity contribution is 5.89. The number of piperidine rings is 1. The first-order valence-electron chi connectivity index (χ1n) is 8.77. The van der Waals surface area contributed by atoms with Crippen LogP contribution in [0.2, 0.25) is 0 Å². The van der Waals surface area contributed by atoms with Crippen molar-refractivity contribution in [3.63, 3.8) is 0 Å². The highest BCUT2D eigenvalue weighted by atomic mass is 16.3. The Hall–Kier alpha value is -2.69. The maximum atomic E-state index is 12.3. The van der Waals surface area contributed by atoms with E-state index < -0.39 is 0 Å². The summed E-state index contributed by atoms with van der Waals surface area (Å²) in [6.45, 7) is 2.56. The van der Waals surface area contributed by atoms with E-state index in [9.17, 15) is 9.90 Å². The van der Waals surface area contributed by atoms with Gasteiger partial charge in [-0.05, 0) is 49.6 Å². The van der Waals surface area contributed by atoms with E-state index in [0.29, 0.717) is 6.54 Å². The minimum atomic E-state index is -0.200. The number of carbonyl (C=O) groups is 1. The monoisotopic (exact) mass is 339 g/mol. The average molecular weight is 339 g/mol. The van der Waals surface area contributed by atoms with Gasteiger partial charge in [0.25, 0.3) is 0 Å². The molecule has 0 radical (unpaired) electrons. The van der Waals surface area contributed by atoms with Crippen LogP contribution >= 0.6 is 0 Å². The second-order valence-electron chi connectivity index (χ2n) is 6.51. The molecule has 0 aromatic heterocycles. The van der Waals surface area contributed by atoms with E-state index in [4.69, 9.17) is 0 Å². The van der Waals surface area contributed by atoms with E-state index in [1.54, 1.807) is 24.1 Å². The number of benzene rings is 2. The summed E-state index contributed by atoms with van der Waals surface area (Å²) in [6.07, 6.45) is 3.80. The first-order chi connectivity index (χ1) is 12.1. The van der Waals surface area contributed by atoms with Crippen molar-refractivity contribution in [1.82, 2.24) is 4.90 Å². The number of amides is 2. The maximum Gasteiger partial charge on any atom is 0.321 e. The molecule has 2 aromatic rings. The number of urea groups is 1. The van der Waals surface area contributed by atoms with Crippen LogP contribution in [0.4, 0.5) is 16.2 Å². The molecule has 0 unspecified atom stereocenters. The Balaban J connectivity index is 1.57. The fourth-order valence-corrected chi connectivity index (χ4v) is 3.10. The second kappa shape index (κ2) is 7.92. The number of carbonyl (C=O) groups excluding carboxylic acids is 1. The minimum Gasteiger partial charge on any atom is -0.508 e. The highest BCUT2D eigenvalue weighted by Gasteiger charge is 2.13. The second-order valence-corrected chi connectivity index (χ2v) is 6.51. The zero-order valence-corrected chi connectivity index (χ0v) is 14.6. The van der Waals surface area contributed by atoms with E-state index in [1.165, 1.54) is 24.9 Å². The van der Waals surface area contributed by atoms with Crippen LogP contribution in [0.1, 0.15) is 24.8 Å². The number of anilines is 2. The van der Waals surface area contributed by atoms with Crippen molar-refractivity contribution < 1.29 is 9.90 Å². The first kappa shape index (κ1) is 17.1. The van der Waals surface area contributed by atoms with Gasteiger partial charge in [-0.2, -0.15) is 0 Å². The van der Waals surface area contributed by atoms with E-state index in [1.807, 2.05) is 24.3 Å². The molecule has 2 aromatic carbocycles. The topological polar surface area (TPSA) is 55.8 Å². The molecule has 132 valence electrons. The van der Waals surface area contributed by atoms with Crippen LogP contribution in [0.3, 0.4) is 0 Å². The lowest BCUT2D eigenvalue weighted by molar-refractivity contribution is 0.220. The van der Waals surface area contributed by atoms with Gasteiger partial charge >= 0.3 is 6.03 Å². The quantitative estimate of drug-likeness (QED) is 0.884. The molecule has 3 rings (SSSR count).